The fourth-order valence-corrected chi connectivity index (χ4v) is 6.49. The maximum Gasteiger partial charge on any atom is 0.417 e. The summed E-state index contributed by atoms with van der Waals surface area (Å²) in [6.45, 7) is 9.33. The highest BCUT2D eigenvalue weighted by atomic mass is 19.4. The second kappa shape index (κ2) is 12.9. The van der Waals surface area contributed by atoms with Crippen molar-refractivity contribution in [2.24, 2.45) is 5.41 Å². The number of nitrogens with zero attached hydrogens (tertiary/aromatic N) is 2. The number of hydrogen-bond donors (Lipinski definition) is 2. The highest BCUT2D eigenvalue weighted by molar-refractivity contribution is 6.05. The molecule has 0 saturated carbocycles. The third-order valence-corrected chi connectivity index (χ3v) is 8.49. The number of unbranched alkanes of at least 4 members (excludes halogenated alkanes) is 1. The summed E-state index contributed by atoms with van der Waals surface area (Å²) >= 11 is 0. The molecule has 4 rings (SSSR count). The molecule has 246 valence electrons. The summed E-state index contributed by atoms with van der Waals surface area (Å²) in [5, 5.41) is 12.9. The van der Waals surface area contributed by atoms with Gasteiger partial charge in [-0.05, 0) is 56.2 Å². The van der Waals surface area contributed by atoms with Crippen LogP contribution in [0.3, 0.4) is 0 Å². The van der Waals surface area contributed by atoms with Crippen LogP contribution in [0.2, 0.25) is 0 Å². The minimum atomic E-state index is -4.93. The van der Waals surface area contributed by atoms with Crippen LogP contribution in [0.15, 0.2) is 42.5 Å². The van der Waals surface area contributed by atoms with Gasteiger partial charge in [-0.25, -0.2) is 4.79 Å². The fourth-order valence-electron chi connectivity index (χ4n) is 6.49. The number of ether oxygens (including phenoxy) is 2. The van der Waals surface area contributed by atoms with Crippen LogP contribution in [0, 0.1) is 5.41 Å². The molecule has 45 heavy (non-hydrogen) atoms. The number of likely N-dealkylation sites (tertiary alicyclic amines) is 1. The first kappa shape index (κ1) is 34.1. The van der Waals surface area contributed by atoms with Crippen LogP contribution in [0.5, 0.6) is 5.75 Å². The second-order valence-electron chi connectivity index (χ2n) is 13.2. The Balaban J connectivity index is 1.82. The molecule has 3 atom stereocenters. The number of carbonyl (C=O) groups is 3. The number of rotatable bonds is 8. The summed E-state index contributed by atoms with van der Waals surface area (Å²) < 4.78 is 54.6. The molecule has 1 fully saturated rings. The number of fused-ring (bicyclic) bond motifs is 1. The number of carbonyl (C=O) groups excluding carboxylic acids is 2. The van der Waals surface area contributed by atoms with Crippen molar-refractivity contribution in [3.8, 4) is 5.75 Å². The molecule has 0 aromatic heterocycles. The number of benzene rings is 2. The van der Waals surface area contributed by atoms with Gasteiger partial charge in [0.05, 0.1) is 28.9 Å². The maximum atomic E-state index is 14.6. The van der Waals surface area contributed by atoms with Crippen molar-refractivity contribution in [2.45, 2.75) is 83.7 Å². The van der Waals surface area contributed by atoms with Crippen LogP contribution < -0.4 is 15.0 Å². The zero-order chi connectivity index (χ0) is 33.3. The van der Waals surface area contributed by atoms with E-state index in [1.54, 1.807) is 7.11 Å². The van der Waals surface area contributed by atoms with Crippen LogP contribution in [-0.4, -0.2) is 72.4 Å². The third kappa shape index (κ3) is 7.21. The average Bonchev–Trinajstić information content (AvgIpc) is 2.95. The molecule has 2 aliphatic rings. The molecule has 2 aliphatic heterocycles. The smallest absolute Gasteiger partial charge is 0.417 e. The Morgan fingerprint density at radius 1 is 1.11 bits per heavy atom. The number of alkyl halides is 3. The lowest BCUT2D eigenvalue weighted by molar-refractivity contribution is -0.138. The lowest BCUT2D eigenvalue weighted by atomic mass is 9.71. The predicted molar refractivity (Wildman–Crippen MR) is 163 cm³/mol. The molecule has 3 amide bonds. The van der Waals surface area contributed by atoms with Crippen LogP contribution in [-0.2, 0) is 15.7 Å². The first-order valence-electron chi connectivity index (χ1n) is 15.1. The number of piperidine rings is 1. The van der Waals surface area contributed by atoms with E-state index in [0.29, 0.717) is 25.9 Å². The summed E-state index contributed by atoms with van der Waals surface area (Å²) in [4.78, 5) is 42.4. The van der Waals surface area contributed by atoms with Crippen LogP contribution in [0.1, 0.15) is 81.3 Å². The molecule has 1 unspecified atom stereocenters. The SMILES string of the molecule is COCCCCN1C(=O)C(C)(C)Oc2cc(C(F)(F)F)c(C(=O)N[C@H]3C(C(C)(C)C)N(C(=O)O)CC[C@H]3c3ccccc3)cc21. The van der Waals surface area contributed by atoms with Crippen molar-refractivity contribution in [1.29, 1.82) is 0 Å². The predicted octanol–water partition coefficient (Wildman–Crippen LogP) is 6.32. The van der Waals surface area contributed by atoms with Gasteiger partial charge < -0.3 is 29.7 Å². The van der Waals surface area contributed by atoms with E-state index in [1.165, 1.54) is 23.6 Å². The fraction of sp³-hybridized carbons (Fsp3) is 0.545. The van der Waals surface area contributed by atoms with E-state index in [0.717, 1.165) is 17.7 Å². The molecule has 0 aliphatic carbocycles. The number of anilines is 1. The van der Waals surface area contributed by atoms with Gasteiger partial charge in [0.2, 0.25) is 0 Å². The Bertz CT molecular complexity index is 1410. The number of hydrogen-bond acceptors (Lipinski definition) is 5. The van der Waals surface area contributed by atoms with E-state index < -0.39 is 58.3 Å². The Kier molecular flexibility index (Phi) is 9.77. The lowest BCUT2D eigenvalue weighted by Crippen LogP contribution is -2.64. The standard InChI is InChI=1S/C33H42F3N3O6/c1-31(2,3)27-26(21(14-16-39(27)30(42)43)20-12-8-7-9-13-20)37-28(40)22-18-24-25(19-23(22)33(34,35)36)45-32(4,5)29(41)38(24)15-10-11-17-44-6/h7-9,12-13,18-19,21,26-27H,10-11,14-17H2,1-6H3,(H,37,40)(H,42,43)/t21-,26+,27?/m0/s1. The molecule has 0 spiro atoms. The van der Waals surface area contributed by atoms with Gasteiger partial charge in [0, 0.05) is 32.7 Å². The van der Waals surface area contributed by atoms with Crippen molar-refractivity contribution in [3.63, 3.8) is 0 Å². The molecule has 9 nitrogen and oxygen atoms in total. The molecule has 2 aromatic rings. The van der Waals surface area contributed by atoms with Gasteiger partial charge in [-0.3, -0.25) is 9.59 Å². The molecule has 2 heterocycles. The van der Waals surface area contributed by atoms with E-state index in [2.05, 4.69) is 5.32 Å². The van der Waals surface area contributed by atoms with E-state index in [9.17, 15) is 32.7 Å². The van der Waals surface area contributed by atoms with Gasteiger partial charge in [0.1, 0.15) is 5.75 Å². The summed E-state index contributed by atoms with van der Waals surface area (Å²) in [6, 6.07) is 9.46. The van der Waals surface area contributed by atoms with Gasteiger partial charge in [-0.15, -0.1) is 0 Å². The summed E-state index contributed by atoms with van der Waals surface area (Å²) in [7, 11) is 1.55. The molecule has 0 bridgehead atoms. The van der Waals surface area contributed by atoms with Gasteiger partial charge >= 0.3 is 12.3 Å². The zero-order valence-electron chi connectivity index (χ0n) is 26.5. The Hall–Kier alpha value is -3.80. The van der Waals surface area contributed by atoms with Crippen molar-refractivity contribution in [3.05, 3.63) is 59.2 Å². The van der Waals surface area contributed by atoms with Crippen molar-refractivity contribution < 1.29 is 42.1 Å². The lowest BCUT2D eigenvalue weighted by Gasteiger charge is -2.50. The quantitative estimate of drug-likeness (QED) is 0.330. The van der Waals surface area contributed by atoms with Crippen LogP contribution in [0.4, 0.5) is 23.7 Å². The van der Waals surface area contributed by atoms with Gasteiger partial charge in [0.15, 0.2) is 5.60 Å². The minimum absolute atomic E-state index is 0.0673. The Morgan fingerprint density at radius 2 is 1.78 bits per heavy atom. The average molecular weight is 634 g/mol. The summed E-state index contributed by atoms with van der Waals surface area (Å²) in [5.74, 6) is -1.99. The van der Waals surface area contributed by atoms with Gasteiger partial charge in [-0.2, -0.15) is 13.2 Å². The van der Waals surface area contributed by atoms with E-state index in [1.807, 2.05) is 51.1 Å². The monoisotopic (exact) mass is 633 g/mol. The minimum Gasteiger partial charge on any atom is -0.476 e. The van der Waals surface area contributed by atoms with Crippen molar-refractivity contribution in [1.82, 2.24) is 10.2 Å². The van der Waals surface area contributed by atoms with E-state index in [4.69, 9.17) is 9.47 Å². The Labute approximate surface area is 261 Å². The Morgan fingerprint density at radius 3 is 2.36 bits per heavy atom. The first-order valence-corrected chi connectivity index (χ1v) is 15.1. The number of nitrogens with one attached hydrogen (secondary N) is 1. The zero-order valence-corrected chi connectivity index (χ0v) is 26.5. The molecule has 1 saturated heterocycles. The van der Waals surface area contributed by atoms with Crippen LogP contribution >= 0.6 is 0 Å². The topological polar surface area (TPSA) is 108 Å². The second-order valence-corrected chi connectivity index (χ2v) is 13.2. The van der Waals surface area contributed by atoms with E-state index >= 15 is 0 Å². The number of methoxy groups -OCH3 is 1. The summed E-state index contributed by atoms with van der Waals surface area (Å²) in [6.07, 6.45) is -4.62. The summed E-state index contributed by atoms with van der Waals surface area (Å²) in [5.41, 5.74) is -3.09. The number of carboxylic acid groups (broad SMARTS) is 1. The van der Waals surface area contributed by atoms with Crippen molar-refractivity contribution >= 4 is 23.6 Å². The molecule has 12 heteroatoms. The van der Waals surface area contributed by atoms with Gasteiger partial charge in [-0.1, -0.05) is 51.1 Å². The maximum absolute atomic E-state index is 14.6. The molecular formula is C33H42F3N3O6. The number of amides is 3. The highest BCUT2D eigenvalue weighted by Crippen LogP contribution is 2.45. The van der Waals surface area contributed by atoms with Crippen LogP contribution in [0.25, 0.3) is 0 Å². The molecular weight excluding hydrogens is 591 g/mol. The van der Waals surface area contributed by atoms with Crippen molar-refractivity contribution in [2.75, 3.05) is 31.7 Å². The van der Waals surface area contributed by atoms with E-state index in [-0.39, 0.29) is 30.4 Å². The first-order chi connectivity index (χ1) is 21.0. The number of halogens is 3. The largest absolute Gasteiger partial charge is 0.476 e. The molecule has 0 radical (unpaired) electrons. The normalized spacial score (nSPS) is 21.6. The van der Waals surface area contributed by atoms with Gasteiger partial charge in [0.25, 0.3) is 11.8 Å². The third-order valence-electron chi connectivity index (χ3n) is 8.49. The molecule has 2 N–H and O–H groups in total. The molecule has 2 aromatic carbocycles. The highest BCUT2D eigenvalue weighted by Gasteiger charge is 2.49.